The summed E-state index contributed by atoms with van der Waals surface area (Å²) in [7, 11) is -3.68. The van der Waals surface area contributed by atoms with Gasteiger partial charge >= 0.3 is 0 Å². The number of morpholine rings is 1. The quantitative estimate of drug-likeness (QED) is 0.755. The summed E-state index contributed by atoms with van der Waals surface area (Å²) in [5, 5.41) is 7.64. The molecule has 1 aromatic carbocycles. The number of aryl methyl sites for hydroxylation is 1. The standard InChI is InChI=1S/C18H23ClN4O4S/c1-13-18(28(25,26)22-7-9-27-10-8-22)14(2)23(21-13)12-17(24)20-11-15-5-3-4-6-16(15)19/h3-6H,7-12H2,1-2H3,(H,20,24). The minimum absolute atomic E-state index is 0.0737. The molecule has 0 atom stereocenters. The molecule has 2 heterocycles. The maximum absolute atomic E-state index is 13.0. The van der Waals surface area contributed by atoms with Crippen LogP contribution in [0.25, 0.3) is 0 Å². The molecule has 1 aliphatic heterocycles. The largest absolute Gasteiger partial charge is 0.379 e. The number of ether oxygens (including phenoxy) is 1. The molecule has 3 rings (SSSR count). The fourth-order valence-electron chi connectivity index (χ4n) is 3.15. The lowest BCUT2D eigenvalue weighted by atomic mass is 10.2. The smallest absolute Gasteiger partial charge is 0.246 e. The zero-order chi connectivity index (χ0) is 20.3. The summed E-state index contributed by atoms with van der Waals surface area (Å²) in [6, 6.07) is 7.25. The molecule has 10 heteroatoms. The van der Waals surface area contributed by atoms with Gasteiger partial charge in [0.25, 0.3) is 0 Å². The van der Waals surface area contributed by atoms with Gasteiger partial charge in [-0.05, 0) is 25.5 Å². The lowest BCUT2D eigenvalue weighted by molar-refractivity contribution is -0.122. The summed E-state index contributed by atoms with van der Waals surface area (Å²) in [4.78, 5) is 12.5. The highest BCUT2D eigenvalue weighted by Crippen LogP contribution is 2.24. The number of carbonyl (C=O) groups excluding carboxylic acids is 1. The van der Waals surface area contributed by atoms with E-state index in [0.29, 0.717) is 42.7 Å². The zero-order valence-corrected chi connectivity index (χ0v) is 17.4. The predicted molar refractivity (Wildman–Crippen MR) is 105 cm³/mol. The second kappa shape index (κ2) is 8.60. The van der Waals surface area contributed by atoms with Gasteiger partial charge in [-0.25, -0.2) is 8.42 Å². The van der Waals surface area contributed by atoms with Gasteiger partial charge < -0.3 is 10.1 Å². The fraction of sp³-hybridized carbons (Fsp3) is 0.444. The third-order valence-corrected chi connectivity index (χ3v) is 7.13. The minimum atomic E-state index is -3.68. The zero-order valence-electron chi connectivity index (χ0n) is 15.8. The molecule has 1 aromatic heterocycles. The topological polar surface area (TPSA) is 93.5 Å². The maximum Gasteiger partial charge on any atom is 0.246 e. The number of nitrogens with one attached hydrogen (secondary N) is 1. The van der Waals surface area contributed by atoms with Crippen LogP contribution in [0.15, 0.2) is 29.2 Å². The molecule has 1 aliphatic rings. The van der Waals surface area contributed by atoms with E-state index in [1.807, 2.05) is 18.2 Å². The lowest BCUT2D eigenvalue weighted by Crippen LogP contribution is -2.41. The molecule has 0 bridgehead atoms. The monoisotopic (exact) mass is 426 g/mol. The van der Waals surface area contributed by atoms with E-state index >= 15 is 0 Å². The van der Waals surface area contributed by atoms with Crippen molar-refractivity contribution in [2.45, 2.75) is 31.8 Å². The van der Waals surface area contributed by atoms with E-state index in [-0.39, 0.29) is 23.9 Å². The Kier molecular flexibility index (Phi) is 6.39. The van der Waals surface area contributed by atoms with Crippen LogP contribution in [0, 0.1) is 13.8 Å². The van der Waals surface area contributed by atoms with E-state index in [2.05, 4.69) is 10.4 Å². The number of carbonyl (C=O) groups is 1. The Hall–Kier alpha value is -1.94. The molecular formula is C18H23ClN4O4S. The summed E-state index contributed by atoms with van der Waals surface area (Å²) in [6.45, 7) is 4.88. The Morgan fingerprint density at radius 2 is 1.93 bits per heavy atom. The van der Waals surface area contributed by atoms with Crippen LogP contribution in [0.4, 0.5) is 0 Å². The average Bonchev–Trinajstić information content (AvgIpc) is 2.95. The van der Waals surface area contributed by atoms with Crippen molar-refractivity contribution in [3.05, 3.63) is 46.2 Å². The van der Waals surface area contributed by atoms with Crippen LogP contribution >= 0.6 is 11.6 Å². The van der Waals surface area contributed by atoms with Gasteiger partial charge in [0.05, 0.1) is 24.6 Å². The maximum atomic E-state index is 13.0. The van der Waals surface area contributed by atoms with Crippen LogP contribution < -0.4 is 5.32 Å². The Balaban J connectivity index is 1.72. The Labute approximate surface area is 169 Å². The number of hydrogen-bond acceptors (Lipinski definition) is 5. The number of halogens is 1. The minimum Gasteiger partial charge on any atom is -0.379 e. The Morgan fingerprint density at radius 1 is 1.25 bits per heavy atom. The van der Waals surface area contributed by atoms with E-state index in [1.165, 1.54) is 8.99 Å². The third kappa shape index (κ3) is 4.38. The van der Waals surface area contributed by atoms with Gasteiger partial charge in [-0.15, -0.1) is 0 Å². The number of amides is 1. The highest BCUT2D eigenvalue weighted by atomic mass is 35.5. The second-order valence-electron chi connectivity index (χ2n) is 6.54. The van der Waals surface area contributed by atoms with Crippen LogP contribution in [0.5, 0.6) is 0 Å². The summed E-state index contributed by atoms with van der Waals surface area (Å²) in [5.41, 5.74) is 1.63. The number of sulfonamides is 1. The van der Waals surface area contributed by atoms with Gasteiger partial charge in [0.15, 0.2) is 0 Å². The Morgan fingerprint density at radius 3 is 2.61 bits per heavy atom. The van der Waals surface area contributed by atoms with Crippen LogP contribution in [0.2, 0.25) is 5.02 Å². The molecule has 0 unspecified atom stereocenters. The van der Waals surface area contributed by atoms with Crippen LogP contribution in [0.1, 0.15) is 17.0 Å². The van der Waals surface area contributed by atoms with Gasteiger partial charge in [0.1, 0.15) is 11.4 Å². The van der Waals surface area contributed by atoms with E-state index in [0.717, 1.165) is 5.56 Å². The van der Waals surface area contributed by atoms with E-state index in [1.54, 1.807) is 19.9 Å². The molecule has 0 radical (unpaired) electrons. The van der Waals surface area contributed by atoms with Crippen molar-refractivity contribution in [3.63, 3.8) is 0 Å². The van der Waals surface area contributed by atoms with Crippen LogP contribution in [0.3, 0.4) is 0 Å². The summed E-state index contributed by atoms with van der Waals surface area (Å²) in [5.74, 6) is -0.277. The number of rotatable bonds is 6. The van der Waals surface area contributed by atoms with Gasteiger partial charge in [-0.3, -0.25) is 9.48 Å². The number of benzene rings is 1. The van der Waals surface area contributed by atoms with E-state index in [9.17, 15) is 13.2 Å². The van der Waals surface area contributed by atoms with Crippen molar-refractivity contribution in [2.24, 2.45) is 0 Å². The first kappa shape index (κ1) is 20.8. The normalized spacial score (nSPS) is 15.5. The predicted octanol–water partition coefficient (Wildman–Crippen LogP) is 1.49. The van der Waals surface area contributed by atoms with Crippen molar-refractivity contribution in [1.29, 1.82) is 0 Å². The highest BCUT2D eigenvalue weighted by Gasteiger charge is 2.32. The first-order valence-corrected chi connectivity index (χ1v) is 10.7. The van der Waals surface area contributed by atoms with Crippen molar-refractivity contribution in [3.8, 4) is 0 Å². The first-order chi connectivity index (χ1) is 13.3. The van der Waals surface area contributed by atoms with Crippen molar-refractivity contribution in [2.75, 3.05) is 26.3 Å². The molecule has 0 spiro atoms. The van der Waals surface area contributed by atoms with Gasteiger partial charge in [-0.2, -0.15) is 9.40 Å². The molecule has 8 nitrogen and oxygen atoms in total. The fourth-order valence-corrected chi connectivity index (χ4v) is 5.13. The molecule has 0 saturated carbocycles. The first-order valence-electron chi connectivity index (χ1n) is 8.92. The average molecular weight is 427 g/mol. The summed E-state index contributed by atoms with van der Waals surface area (Å²) in [6.07, 6.45) is 0. The van der Waals surface area contributed by atoms with E-state index in [4.69, 9.17) is 16.3 Å². The molecule has 1 saturated heterocycles. The van der Waals surface area contributed by atoms with E-state index < -0.39 is 10.0 Å². The van der Waals surface area contributed by atoms with Crippen LogP contribution in [-0.4, -0.2) is 54.7 Å². The molecule has 0 aliphatic carbocycles. The van der Waals surface area contributed by atoms with Gasteiger partial charge in [-0.1, -0.05) is 29.8 Å². The molecule has 152 valence electrons. The van der Waals surface area contributed by atoms with Crippen molar-refractivity contribution in [1.82, 2.24) is 19.4 Å². The lowest BCUT2D eigenvalue weighted by Gasteiger charge is -2.26. The molecular weight excluding hydrogens is 404 g/mol. The molecule has 2 aromatic rings. The number of nitrogens with zero attached hydrogens (tertiary/aromatic N) is 3. The molecule has 1 N–H and O–H groups in total. The van der Waals surface area contributed by atoms with Crippen LogP contribution in [-0.2, 0) is 32.6 Å². The third-order valence-electron chi connectivity index (χ3n) is 4.61. The molecule has 1 fully saturated rings. The SMILES string of the molecule is Cc1nn(CC(=O)NCc2ccccc2Cl)c(C)c1S(=O)(=O)N1CCOCC1. The second-order valence-corrected chi connectivity index (χ2v) is 8.82. The summed E-state index contributed by atoms with van der Waals surface area (Å²) < 4.78 is 34.0. The highest BCUT2D eigenvalue weighted by molar-refractivity contribution is 7.89. The Bertz CT molecular complexity index is 968. The van der Waals surface area contributed by atoms with Crippen molar-refractivity contribution < 1.29 is 17.9 Å². The summed E-state index contributed by atoms with van der Waals surface area (Å²) >= 11 is 6.09. The number of aromatic nitrogens is 2. The van der Waals surface area contributed by atoms with Crippen molar-refractivity contribution >= 4 is 27.5 Å². The molecule has 28 heavy (non-hydrogen) atoms. The van der Waals surface area contributed by atoms with Gasteiger partial charge in [0, 0.05) is 24.7 Å². The number of hydrogen-bond donors (Lipinski definition) is 1. The molecule has 1 amide bonds. The van der Waals surface area contributed by atoms with Gasteiger partial charge in [0.2, 0.25) is 15.9 Å².